The van der Waals surface area contributed by atoms with Crippen LogP contribution < -0.4 is 0 Å². The third-order valence-electron chi connectivity index (χ3n) is 4.40. The van der Waals surface area contributed by atoms with Gasteiger partial charge in [-0.2, -0.15) is 13.2 Å². The van der Waals surface area contributed by atoms with Gasteiger partial charge in [0.2, 0.25) is 0 Å². The topological polar surface area (TPSA) is 40.9 Å². The Hall–Kier alpha value is -1.80. The summed E-state index contributed by atoms with van der Waals surface area (Å²) in [6, 6.07) is 0.841. The predicted molar refractivity (Wildman–Crippen MR) is 88.0 cm³/mol. The average Bonchev–Trinajstić information content (AvgIpc) is 2.93. The molecule has 9 heteroatoms. The van der Waals surface area contributed by atoms with Gasteiger partial charge < -0.3 is 9.80 Å². The molecule has 1 amide bonds. The number of hydrogen-bond acceptors (Lipinski definition) is 3. The van der Waals surface area contributed by atoms with Crippen molar-refractivity contribution < 1.29 is 18.0 Å². The van der Waals surface area contributed by atoms with Gasteiger partial charge in [0.15, 0.2) is 5.65 Å². The lowest BCUT2D eigenvalue weighted by atomic mass is 10.2. The summed E-state index contributed by atoms with van der Waals surface area (Å²) in [7, 11) is 1.96. The molecule has 2 aromatic rings. The zero-order valence-corrected chi connectivity index (χ0v) is 14.7. The van der Waals surface area contributed by atoms with Gasteiger partial charge in [-0.05, 0) is 19.5 Å². The van der Waals surface area contributed by atoms with Crippen LogP contribution in [0.3, 0.4) is 0 Å². The van der Waals surface area contributed by atoms with Crippen molar-refractivity contribution in [2.75, 3.05) is 33.2 Å². The lowest BCUT2D eigenvalue weighted by molar-refractivity contribution is -0.137. The normalized spacial score (nSPS) is 16.6. The van der Waals surface area contributed by atoms with Crippen LogP contribution in [-0.2, 0) is 12.6 Å². The van der Waals surface area contributed by atoms with Crippen molar-refractivity contribution in [2.45, 2.75) is 19.5 Å². The summed E-state index contributed by atoms with van der Waals surface area (Å²) in [5, 5.41) is -0.123. The van der Waals surface area contributed by atoms with Crippen LogP contribution in [0.15, 0.2) is 12.3 Å². The van der Waals surface area contributed by atoms with E-state index in [9.17, 15) is 18.0 Å². The Morgan fingerprint density at radius 3 is 2.48 bits per heavy atom. The number of imidazole rings is 1. The lowest BCUT2D eigenvalue weighted by Gasteiger charge is -2.32. The highest BCUT2D eigenvalue weighted by Crippen LogP contribution is 2.33. The van der Waals surface area contributed by atoms with E-state index in [-0.39, 0.29) is 22.3 Å². The van der Waals surface area contributed by atoms with Gasteiger partial charge in [0.05, 0.1) is 16.3 Å². The van der Waals surface area contributed by atoms with E-state index < -0.39 is 11.7 Å². The molecule has 1 aliphatic heterocycles. The minimum atomic E-state index is -4.55. The number of nitrogens with zero attached hydrogens (tertiary/aromatic N) is 4. The molecule has 0 aliphatic carbocycles. The molecule has 0 saturated carbocycles. The molecule has 3 heterocycles. The highest BCUT2D eigenvalue weighted by Gasteiger charge is 2.33. The fraction of sp³-hybridized carbons (Fsp3) is 0.500. The van der Waals surface area contributed by atoms with Crippen LogP contribution in [0.5, 0.6) is 0 Å². The molecule has 1 saturated heterocycles. The third-order valence-corrected chi connectivity index (χ3v) is 4.68. The first-order chi connectivity index (χ1) is 11.7. The monoisotopic (exact) mass is 374 g/mol. The quantitative estimate of drug-likeness (QED) is 0.811. The number of hydrogen-bond donors (Lipinski definition) is 0. The Bertz CT molecular complexity index is 810. The maximum Gasteiger partial charge on any atom is 0.417 e. The zero-order chi connectivity index (χ0) is 18.4. The molecule has 1 aliphatic rings. The summed E-state index contributed by atoms with van der Waals surface area (Å²) in [5.74, 6) is -0.312. The number of piperazine rings is 1. The highest BCUT2D eigenvalue weighted by molar-refractivity contribution is 6.33. The summed E-state index contributed by atoms with van der Waals surface area (Å²) >= 11 is 6.01. The maximum atomic E-state index is 13.1. The summed E-state index contributed by atoms with van der Waals surface area (Å²) < 4.78 is 40.6. The van der Waals surface area contributed by atoms with Crippen molar-refractivity contribution >= 4 is 23.2 Å². The van der Waals surface area contributed by atoms with Crippen LogP contribution >= 0.6 is 11.6 Å². The third kappa shape index (κ3) is 3.32. The number of aryl methyl sites for hydroxylation is 1. The lowest BCUT2D eigenvalue weighted by Crippen LogP contribution is -2.47. The molecule has 0 radical (unpaired) electrons. The largest absolute Gasteiger partial charge is 0.417 e. The SMILES string of the molecule is CCc1nc2c(Cl)cc(C(F)(F)F)cn2c1C(=O)N1CCN(C)CC1. The number of halogens is 4. The molecule has 0 spiro atoms. The van der Waals surface area contributed by atoms with E-state index in [2.05, 4.69) is 9.88 Å². The fourth-order valence-electron chi connectivity index (χ4n) is 2.94. The molecule has 3 rings (SSSR count). The van der Waals surface area contributed by atoms with Crippen molar-refractivity contribution in [3.05, 3.63) is 34.2 Å². The number of fused-ring (bicyclic) bond motifs is 1. The van der Waals surface area contributed by atoms with Crippen LogP contribution in [0.1, 0.15) is 28.7 Å². The summed E-state index contributed by atoms with van der Waals surface area (Å²) in [6.07, 6.45) is -3.23. The Kier molecular flexibility index (Phi) is 4.68. The van der Waals surface area contributed by atoms with Gasteiger partial charge >= 0.3 is 6.18 Å². The number of carbonyl (C=O) groups is 1. The van der Waals surface area contributed by atoms with Gasteiger partial charge in [-0.15, -0.1) is 0 Å². The second kappa shape index (κ2) is 6.49. The molecular formula is C16H18ClF3N4O. The van der Waals surface area contributed by atoms with Crippen LogP contribution in [0.4, 0.5) is 13.2 Å². The van der Waals surface area contributed by atoms with Gasteiger partial charge in [0.25, 0.3) is 5.91 Å². The van der Waals surface area contributed by atoms with Crippen molar-refractivity contribution in [3.8, 4) is 0 Å². The van der Waals surface area contributed by atoms with Crippen LogP contribution in [0.2, 0.25) is 5.02 Å². The minimum Gasteiger partial charge on any atom is -0.335 e. The number of rotatable bonds is 2. The summed E-state index contributed by atoms with van der Waals surface area (Å²) in [4.78, 5) is 21.0. The van der Waals surface area contributed by atoms with Crippen LogP contribution in [-0.4, -0.2) is 58.3 Å². The fourth-order valence-corrected chi connectivity index (χ4v) is 3.19. The molecule has 0 unspecified atom stereocenters. The number of likely N-dealkylation sites (N-methyl/N-ethyl adjacent to an activating group) is 1. The average molecular weight is 375 g/mol. The van der Waals surface area contributed by atoms with Crippen molar-refractivity contribution in [2.24, 2.45) is 0 Å². The van der Waals surface area contributed by atoms with Gasteiger partial charge in [-0.3, -0.25) is 9.20 Å². The molecule has 0 atom stereocenters. The second-order valence-corrected chi connectivity index (χ2v) is 6.53. The molecule has 25 heavy (non-hydrogen) atoms. The van der Waals surface area contributed by atoms with E-state index in [4.69, 9.17) is 11.6 Å². The van der Waals surface area contributed by atoms with Crippen molar-refractivity contribution in [3.63, 3.8) is 0 Å². The second-order valence-electron chi connectivity index (χ2n) is 6.12. The molecule has 136 valence electrons. The molecule has 1 fully saturated rings. The molecule has 2 aromatic heterocycles. The first-order valence-corrected chi connectivity index (χ1v) is 8.35. The molecule has 0 bridgehead atoms. The summed E-state index contributed by atoms with van der Waals surface area (Å²) in [6.45, 7) is 4.30. The van der Waals surface area contributed by atoms with Crippen LogP contribution in [0, 0.1) is 0 Å². The van der Waals surface area contributed by atoms with E-state index in [0.717, 1.165) is 25.4 Å². The maximum absolute atomic E-state index is 13.1. The number of pyridine rings is 1. The van der Waals surface area contributed by atoms with E-state index in [0.29, 0.717) is 25.2 Å². The molecule has 0 aromatic carbocycles. The van der Waals surface area contributed by atoms with E-state index in [1.807, 2.05) is 7.05 Å². The Labute approximate surface area is 148 Å². The number of aromatic nitrogens is 2. The van der Waals surface area contributed by atoms with Crippen molar-refractivity contribution in [1.82, 2.24) is 19.2 Å². The first-order valence-electron chi connectivity index (χ1n) is 7.98. The van der Waals surface area contributed by atoms with Gasteiger partial charge in [0, 0.05) is 32.4 Å². The highest BCUT2D eigenvalue weighted by atomic mass is 35.5. The van der Waals surface area contributed by atoms with Gasteiger partial charge in [-0.25, -0.2) is 4.98 Å². The van der Waals surface area contributed by atoms with Gasteiger partial charge in [-0.1, -0.05) is 18.5 Å². The Morgan fingerprint density at radius 2 is 1.92 bits per heavy atom. The molecule has 0 N–H and O–H groups in total. The molecule has 5 nitrogen and oxygen atoms in total. The van der Waals surface area contributed by atoms with Crippen molar-refractivity contribution in [1.29, 1.82) is 0 Å². The number of amides is 1. The Morgan fingerprint density at radius 1 is 1.28 bits per heavy atom. The molecular weight excluding hydrogens is 357 g/mol. The van der Waals surface area contributed by atoms with E-state index >= 15 is 0 Å². The van der Waals surface area contributed by atoms with Crippen LogP contribution in [0.25, 0.3) is 5.65 Å². The first kappa shape index (κ1) is 18.0. The number of carbonyl (C=O) groups excluding carboxylic acids is 1. The summed E-state index contributed by atoms with van der Waals surface area (Å²) in [5.41, 5.74) is -0.123. The minimum absolute atomic E-state index is 0.123. The standard InChI is InChI=1S/C16H18ClF3N4O/c1-3-12-13(15(25)23-6-4-22(2)5-7-23)24-9-10(16(18,19)20)8-11(17)14(24)21-12/h8-9H,3-7H2,1-2H3. The van der Waals surface area contributed by atoms with E-state index in [1.165, 1.54) is 4.40 Å². The zero-order valence-electron chi connectivity index (χ0n) is 13.9. The number of alkyl halides is 3. The smallest absolute Gasteiger partial charge is 0.335 e. The predicted octanol–water partition coefficient (Wildman–Crippen LogP) is 2.96. The van der Waals surface area contributed by atoms with E-state index in [1.54, 1.807) is 11.8 Å². The Balaban J connectivity index is 2.12. The van der Waals surface area contributed by atoms with Gasteiger partial charge in [0.1, 0.15) is 5.69 Å².